The van der Waals surface area contributed by atoms with Crippen molar-refractivity contribution in [1.29, 1.82) is 0 Å². The first-order valence-corrected chi connectivity index (χ1v) is 12.2. The predicted molar refractivity (Wildman–Crippen MR) is 126 cm³/mol. The van der Waals surface area contributed by atoms with Crippen LogP contribution in [-0.4, -0.2) is 42.3 Å². The molecule has 0 saturated heterocycles. The van der Waals surface area contributed by atoms with E-state index in [0.717, 1.165) is 0 Å². The molecule has 9 nitrogen and oxygen atoms in total. The number of carbonyl (C=O) groups excluding carboxylic acids is 2. The normalized spacial score (nSPS) is 12.4. The lowest BCUT2D eigenvalue weighted by molar-refractivity contribution is -0.123. The van der Waals surface area contributed by atoms with E-state index in [-0.39, 0.29) is 22.2 Å². The monoisotopic (exact) mass is 478 g/mol. The lowest BCUT2D eigenvalue weighted by atomic mass is 9.95. The van der Waals surface area contributed by atoms with Crippen molar-refractivity contribution in [2.45, 2.75) is 77.3 Å². The van der Waals surface area contributed by atoms with Gasteiger partial charge in [-0.1, -0.05) is 20.8 Å². The summed E-state index contributed by atoms with van der Waals surface area (Å²) in [6, 6.07) is 6.06. The molecule has 0 unspecified atom stereocenters. The number of ether oxygens (including phenoxy) is 1. The van der Waals surface area contributed by atoms with Crippen LogP contribution in [-0.2, 0) is 25.9 Å². The van der Waals surface area contributed by atoms with Crippen LogP contribution in [0.15, 0.2) is 34.1 Å². The second kappa shape index (κ2) is 9.54. The Morgan fingerprint density at radius 2 is 1.61 bits per heavy atom. The van der Waals surface area contributed by atoms with Crippen LogP contribution in [0.2, 0.25) is 0 Å². The summed E-state index contributed by atoms with van der Waals surface area (Å²) in [4.78, 5) is 24.2. The number of aryl methyl sites for hydroxylation is 1. The molecule has 2 N–H and O–H groups in total. The van der Waals surface area contributed by atoms with E-state index in [1.165, 1.54) is 12.1 Å². The van der Waals surface area contributed by atoms with Crippen molar-refractivity contribution in [3.8, 4) is 0 Å². The summed E-state index contributed by atoms with van der Waals surface area (Å²) < 4.78 is 33.3. The Labute approximate surface area is 195 Å². The van der Waals surface area contributed by atoms with Crippen LogP contribution >= 0.6 is 0 Å². The maximum Gasteiger partial charge on any atom is 0.407 e. The van der Waals surface area contributed by atoms with Crippen molar-refractivity contribution in [2.75, 3.05) is 11.9 Å². The van der Waals surface area contributed by atoms with Crippen molar-refractivity contribution < 1.29 is 22.7 Å². The molecule has 33 heavy (non-hydrogen) atoms. The molecule has 0 aliphatic rings. The van der Waals surface area contributed by atoms with E-state index in [1.807, 2.05) is 0 Å². The largest absolute Gasteiger partial charge is 0.444 e. The molecule has 1 heterocycles. The molecule has 2 rings (SSSR count). The average molecular weight is 479 g/mol. The maximum absolute atomic E-state index is 13.3. The number of aromatic nitrogens is 2. The van der Waals surface area contributed by atoms with Gasteiger partial charge >= 0.3 is 6.09 Å². The van der Waals surface area contributed by atoms with E-state index in [4.69, 9.17) is 4.74 Å². The third-order valence-electron chi connectivity index (χ3n) is 4.68. The molecule has 0 saturated carbocycles. The smallest absolute Gasteiger partial charge is 0.407 e. The fourth-order valence-corrected chi connectivity index (χ4v) is 4.67. The fourth-order valence-electron chi connectivity index (χ4n) is 3.02. The van der Waals surface area contributed by atoms with Gasteiger partial charge in [0.05, 0.1) is 22.8 Å². The summed E-state index contributed by atoms with van der Waals surface area (Å²) in [5.74, 6) is -0.161. The van der Waals surface area contributed by atoms with Crippen LogP contribution < -0.4 is 10.6 Å². The second-order valence-electron chi connectivity index (χ2n) is 9.88. The Morgan fingerprint density at radius 1 is 1.03 bits per heavy atom. The number of nitrogens with zero attached hydrogens (tertiary/aromatic N) is 2. The molecule has 1 aromatic carbocycles. The molecule has 0 aliphatic carbocycles. The van der Waals surface area contributed by atoms with E-state index in [2.05, 4.69) is 15.7 Å². The molecule has 182 valence electrons. The number of sulfone groups is 1. The molecular weight excluding hydrogens is 444 g/mol. The summed E-state index contributed by atoms with van der Waals surface area (Å²) >= 11 is 0. The Bertz CT molecular complexity index is 1120. The van der Waals surface area contributed by atoms with Crippen LogP contribution in [0.5, 0.6) is 0 Å². The molecule has 0 atom stereocenters. The summed E-state index contributed by atoms with van der Waals surface area (Å²) in [7, 11) is -3.83. The number of hydrogen-bond acceptors (Lipinski definition) is 6. The minimum atomic E-state index is -3.83. The quantitative estimate of drug-likeness (QED) is 0.651. The molecule has 0 spiro atoms. The number of carbonyl (C=O) groups is 2. The number of rotatable bonds is 6. The lowest BCUT2D eigenvalue weighted by Crippen LogP contribution is -2.34. The van der Waals surface area contributed by atoms with Crippen molar-refractivity contribution in [2.24, 2.45) is 5.41 Å². The standard InChI is InChI=1S/C23H34N4O5S/c1-15-19(16(2)27(26-15)14-13-24-21(29)32-23(6,7)8)33(30,31)18-11-9-17(10-12-18)25-20(28)22(3,4)5/h9-12H,13-14H2,1-8H3,(H,24,29)(H,25,28). The van der Waals surface area contributed by atoms with Crippen molar-refractivity contribution >= 4 is 27.5 Å². The van der Waals surface area contributed by atoms with E-state index in [9.17, 15) is 18.0 Å². The molecule has 2 aromatic rings. The van der Waals surface area contributed by atoms with Gasteiger partial charge in [0, 0.05) is 17.6 Å². The van der Waals surface area contributed by atoms with Crippen LogP contribution in [0, 0.1) is 19.3 Å². The van der Waals surface area contributed by atoms with Gasteiger partial charge in [-0.15, -0.1) is 0 Å². The van der Waals surface area contributed by atoms with Gasteiger partial charge in [-0.05, 0) is 58.9 Å². The van der Waals surface area contributed by atoms with Crippen LogP contribution in [0.1, 0.15) is 52.9 Å². The minimum Gasteiger partial charge on any atom is -0.444 e. The first-order chi connectivity index (χ1) is 15.0. The zero-order chi connectivity index (χ0) is 25.2. The van der Waals surface area contributed by atoms with Gasteiger partial charge in [0.15, 0.2) is 0 Å². The van der Waals surface area contributed by atoms with Crippen LogP contribution in [0.25, 0.3) is 0 Å². The van der Waals surface area contributed by atoms with Crippen molar-refractivity contribution in [3.63, 3.8) is 0 Å². The number of benzene rings is 1. The predicted octanol–water partition coefficient (Wildman–Crippen LogP) is 3.84. The Hall–Kier alpha value is -2.88. The van der Waals surface area contributed by atoms with Gasteiger partial charge in [0.1, 0.15) is 10.5 Å². The minimum absolute atomic E-state index is 0.105. The molecule has 0 radical (unpaired) electrons. The summed E-state index contributed by atoms with van der Waals surface area (Å²) in [5, 5.41) is 9.76. The van der Waals surface area contributed by atoms with E-state index >= 15 is 0 Å². The average Bonchev–Trinajstić information content (AvgIpc) is 2.94. The number of anilines is 1. The first-order valence-electron chi connectivity index (χ1n) is 10.7. The molecule has 2 amide bonds. The van der Waals surface area contributed by atoms with Crippen molar-refractivity contribution in [1.82, 2.24) is 15.1 Å². The summed E-state index contributed by atoms with van der Waals surface area (Å²) in [6.45, 7) is 14.6. The van der Waals surface area contributed by atoms with Crippen LogP contribution in [0.3, 0.4) is 0 Å². The second-order valence-corrected chi connectivity index (χ2v) is 11.8. The highest BCUT2D eigenvalue weighted by Crippen LogP contribution is 2.28. The Balaban J connectivity index is 2.17. The third kappa shape index (κ3) is 6.80. The van der Waals surface area contributed by atoms with Crippen molar-refractivity contribution in [3.05, 3.63) is 35.7 Å². The molecule has 10 heteroatoms. The number of hydrogen-bond donors (Lipinski definition) is 2. The number of alkyl carbamates (subject to hydrolysis) is 1. The van der Waals surface area contributed by atoms with Gasteiger partial charge in [0.2, 0.25) is 15.7 Å². The zero-order valence-electron chi connectivity index (χ0n) is 20.6. The zero-order valence-corrected chi connectivity index (χ0v) is 21.4. The first kappa shape index (κ1) is 26.4. The SMILES string of the molecule is Cc1nn(CCNC(=O)OC(C)(C)C)c(C)c1S(=O)(=O)c1ccc(NC(=O)C(C)(C)C)cc1. The fraction of sp³-hybridized carbons (Fsp3) is 0.522. The number of amides is 2. The topological polar surface area (TPSA) is 119 Å². The van der Waals surface area contributed by atoms with Gasteiger partial charge < -0.3 is 15.4 Å². The van der Waals surface area contributed by atoms with Gasteiger partial charge in [-0.2, -0.15) is 5.10 Å². The molecule has 1 aromatic heterocycles. The lowest BCUT2D eigenvalue weighted by Gasteiger charge is -2.19. The Morgan fingerprint density at radius 3 is 2.12 bits per heavy atom. The summed E-state index contributed by atoms with van der Waals surface area (Å²) in [5.41, 5.74) is 0.199. The molecular formula is C23H34N4O5S. The van der Waals surface area contributed by atoms with Gasteiger partial charge in [-0.25, -0.2) is 13.2 Å². The highest BCUT2D eigenvalue weighted by molar-refractivity contribution is 7.91. The Kier molecular flexibility index (Phi) is 7.63. The van der Waals surface area contributed by atoms with Crippen LogP contribution in [0.4, 0.5) is 10.5 Å². The molecule has 0 aliphatic heterocycles. The van der Waals surface area contributed by atoms with Gasteiger partial charge in [0.25, 0.3) is 0 Å². The molecule has 0 fully saturated rings. The maximum atomic E-state index is 13.3. The van der Waals surface area contributed by atoms with E-state index < -0.39 is 26.9 Å². The molecule has 0 bridgehead atoms. The third-order valence-corrected chi connectivity index (χ3v) is 6.70. The van der Waals surface area contributed by atoms with Gasteiger partial charge in [-0.3, -0.25) is 9.48 Å². The number of nitrogens with one attached hydrogen (secondary N) is 2. The van der Waals surface area contributed by atoms with E-state index in [1.54, 1.807) is 72.2 Å². The van der Waals surface area contributed by atoms with E-state index in [0.29, 0.717) is 23.6 Å². The highest BCUT2D eigenvalue weighted by atomic mass is 32.2. The highest BCUT2D eigenvalue weighted by Gasteiger charge is 2.27. The summed E-state index contributed by atoms with van der Waals surface area (Å²) in [6.07, 6.45) is -0.546.